The summed E-state index contributed by atoms with van der Waals surface area (Å²) in [6, 6.07) is 10.4. The Balaban J connectivity index is 1.74. The molecule has 146 valence electrons. The summed E-state index contributed by atoms with van der Waals surface area (Å²) < 4.78 is 62.2. The Morgan fingerprint density at radius 3 is 1.96 bits per heavy atom. The molecule has 0 saturated heterocycles. The zero-order chi connectivity index (χ0) is 20.3. The van der Waals surface area contributed by atoms with Crippen molar-refractivity contribution in [3.05, 3.63) is 75.2 Å². The SMILES string of the molecule is O=S(=O)(c1ccc(C2=CC3(C=C2c2ccc(Br)c(Cl)c2)CC3)cc1)C(F)(F)F. The van der Waals surface area contributed by atoms with Crippen molar-refractivity contribution >= 4 is 48.5 Å². The van der Waals surface area contributed by atoms with Gasteiger partial charge < -0.3 is 0 Å². The topological polar surface area (TPSA) is 34.1 Å². The molecule has 2 aliphatic rings. The largest absolute Gasteiger partial charge is 0.501 e. The number of halogens is 5. The molecule has 0 atom stereocenters. The van der Waals surface area contributed by atoms with Crippen molar-refractivity contribution in [1.82, 2.24) is 0 Å². The van der Waals surface area contributed by atoms with Gasteiger partial charge in [-0.25, -0.2) is 8.42 Å². The Morgan fingerprint density at radius 1 is 0.929 bits per heavy atom. The minimum atomic E-state index is -5.36. The van der Waals surface area contributed by atoms with Gasteiger partial charge in [-0.15, -0.1) is 0 Å². The van der Waals surface area contributed by atoms with Crippen LogP contribution in [0.4, 0.5) is 13.2 Å². The lowest BCUT2D eigenvalue weighted by Gasteiger charge is -2.12. The Bertz CT molecular complexity index is 1130. The van der Waals surface area contributed by atoms with E-state index in [4.69, 9.17) is 11.6 Å². The first kappa shape index (κ1) is 19.7. The van der Waals surface area contributed by atoms with E-state index in [1.165, 1.54) is 12.1 Å². The molecule has 0 aromatic heterocycles. The summed E-state index contributed by atoms with van der Waals surface area (Å²) in [4.78, 5) is -0.763. The predicted octanol–water partition coefficient (Wildman–Crippen LogP) is 6.66. The van der Waals surface area contributed by atoms with Crippen LogP contribution in [0, 0.1) is 5.41 Å². The Morgan fingerprint density at radius 2 is 1.46 bits per heavy atom. The molecule has 1 saturated carbocycles. The standard InChI is InChI=1S/C20H13BrClF3O2S/c21-17-6-3-13(9-18(17)22)16-11-19(7-8-19)10-15(16)12-1-4-14(5-2-12)28(26,27)20(23,24)25/h1-6,9-11H,7-8H2. The van der Waals surface area contributed by atoms with Gasteiger partial charge in [0.25, 0.3) is 9.84 Å². The van der Waals surface area contributed by atoms with E-state index in [2.05, 4.69) is 28.1 Å². The highest BCUT2D eigenvalue weighted by atomic mass is 79.9. The van der Waals surface area contributed by atoms with Crippen molar-refractivity contribution in [3.8, 4) is 0 Å². The number of hydrogen-bond acceptors (Lipinski definition) is 2. The van der Waals surface area contributed by atoms with Gasteiger partial charge >= 0.3 is 5.51 Å². The van der Waals surface area contributed by atoms with Gasteiger partial charge in [-0.05, 0) is 75.3 Å². The predicted molar refractivity (Wildman–Crippen MR) is 106 cm³/mol. The molecule has 0 radical (unpaired) electrons. The molecule has 0 heterocycles. The van der Waals surface area contributed by atoms with E-state index in [1.54, 1.807) is 0 Å². The first-order chi connectivity index (χ1) is 13.0. The van der Waals surface area contributed by atoms with E-state index in [-0.39, 0.29) is 5.41 Å². The maximum absolute atomic E-state index is 12.8. The van der Waals surface area contributed by atoms with Crippen molar-refractivity contribution in [2.75, 3.05) is 0 Å². The van der Waals surface area contributed by atoms with Gasteiger partial charge in [-0.3, -0.25) is 0 Å². The highest BCUT2D eigenvalue weighted by molar-refractivity contribution is 9.10. The molecule has 8 heteroatoms. The molecular weight excluding hydrogens is 477 g/mol. The highest BCUT2D eigenvalue weighted by Gasteiger charge is 2.47. The zero-order valence-corrected chi connectivity index (χ0v) is 17.4. The van der Waals surface area contributed by atoms with E-state index < -0.39 is 20.2 Å². The van der Waals surface area contributed by atoms with Crippen molar-refractivity contribution in [3.63, 3.8) is 0 Å². The van der Waals surface area contributed by atoms with E-state index in [9.17, 15) is 21.6 Å². The quantitative estimate of drug-likeness (QED) is 0.483. The van der Waals surface area contributed by atoms with Crippen LogP contribution in [-0.4, -0.2) is 13.9 Å². The minimum absolute atomic E-state index is 0.0269. The molecular formula is C20H13BrClF3O2S. The lowest BCUT2D eigenvalue weighted by molar-refractivity contribution is -0.0436. The molecule has 2 aromatic carbocycles. The Hall–Kier alpha value is -1.57. The minimum Gasteiger partial charge on any atom is -0.214 e. The highest BCUT2D eigenvalue weighted by Crippen LogP contribution is 2.57. The first-order valence-corrected chi connectivity index (χ1v) is 11.0. The Labute approximate surface area is 173 Å². The first-order valence-electron chi connectivity index (χ1n) is 8.36. The van der Waals surface area contributed by atoms with E-state index in [0.717, 1.165) is 46.2 Å². The third kappa shape index (κ3) is 3.33. The fourth-order valence-corrected chi connectivity index (χ4v) is 4.48. The van der Waals surface area contributed by atoms with Gasteiger partial charge in [0, 0.05) is 9.89 Å². The summed E-state index contributed by atoms with van der Waals surface area (Å²) in [5.74, 6) is 0. The van der Waals surface area contributed by atoms with Crippen LogP contribution in [0.2, 0.25) is 5.02 Å². The van der Waals surface area contributed by atoms with E-state index in [1.807, 2.05) is 18.2 Å². The van der Waals surface area contributed by atoms with Gasteiger partial charge in [0.2, 0.25) is 0 Å². The van der Waals surface area contributed by atoms with Crippen molar-refractivity contribution in [2.45, 2.75) is 23.2 Å². The lowest BCUT2D eigenvalue weighted by Crippen LogP contribution is -2.23. The second-order valence-corrected chi connectivity index (χ2v) is 10.2. The summed E-state index contributed by atoms with van der Waals surface area (Å²) in [6.07, 6.45) is 6.27. The molecule has 0 unspecified atom stereocenters. The molecule has 0 N–H and O–H groups in total. The summed E-state index contributed by atoms with van der Waals surface area (Å²) in [5.41, 5.74) is -1.98. The fourth-order valence-electron chi connectivity index (χ4n) is 3.29. The van der Waals surface area contributed by atoms with Crippen molar-refractivity contribution < 1.29 is 21.6 Å². The second kappa shape index (κ2) is 6.47. The van der Waals surface area contributed by atoms with Crippen LogP contribution in [0.25, 0.3) is 11.1 Å². The van der Waals surface area contributed by atoms with Gasteiger partial charge in [0.1, 0.15) is 0 Å². The molecule has 1 fully saturated rings. The summed E-state index contributed by atoms with van der Waals surface area (Å²) in [6.45, 7) is 0. The fraction of sp³-hybridized carbons (Fsp3) is 0.200. The number of allylic oxidation sites excluding steroid dienone is 4. The molecule has 0 amide bonds. The van der Waals surface area contributed by atoms with Crippen LogP contribution in [0.3, 0.4) is 0 Å². The Kier molecular flexibility index (Phi) is 4.56. The van der Waals surface area contributed by atoms with E-state index >= 15 is 0 Å². The number of rotatable bonds is 3. The molecule has 4 rings (SSSR count). The normalized spacial score (nSPS) is 18.2. The molecule has 2 aliphatic carbocycles. The van der Waals surface area contributed by atoms with E-state index in [0.29, 0.717) is 10.6 Å². The second-order valence-electron chi connectivity index (χ2n) is 6.95. The van der Waals surface area contributed by atoms with Crippen LogP contribution >= 0.6 is 27.5 Å². The third-order valence-corrected chi connectivity index (χ3v) is 7.73. The van der Waals surface area contributed by atoms with Gasteiger partial charge in [0.15, 0.2) is 0 Å². The van der Waals surface area contributed by atoms with Gasteiger partial charge in [0.05, 0.1) is 9.92 Å². The molecule has 2 nitrogen and oxygen atoms in total. The number of benzene rings is 2. The summed E-state index contributed by atoms with van der Waals surface area (Å²) in [5, 5.41) is 0.557. The lowest BCUT2D eigenvalue weighted by atomic mass is 9.95. The maximum Gasteiger partial charge on any atom is 0.501 e. The van der Waals surface area contributed by atoms with Crippen molar-refractivity contribution in [2.24, 2.45) is 5.41 Å². The van der Waals surface area contributed by atoms with Crippen LogP contribution in [0.5, 0.6) is 0 Å². The summed E-state index contributed by atoms with van der Waals surface area (Å²) >= 11 is 9.58. The molecule has 1 spiro atoms. The smallest absolute Gasteiger partial charge is 0.214 e. The average Bonchev–Trinajstić information content (AvgIpc) is 3.27. The number of sulfone groups is 1. The van der Waals surface area contributed by atoms with Gasteiger partial charge in [-0.1, -0.05) is 42.0 Å². The molecule has 28 heavy (non-hydrogen) atoms. The van der Waals surface area contributed by atoms with Crippen LogP contribution < -0.4 is 0 Å². The molecule has 2 aromatic rings. The maximum atomic E-state index is 12.8. The van der Waals surface area contributed by atoms with Gasteiger partial charge in [-0.2, -0.15) is 13.2 Å². The van der Waals surface area contributed by atoms with Crippen molar-refractivity contribution in [1.29, 1.82) is 0 Å². The molecule has 0 bridgehead atoms. The van der Waals surface area contributed by atoms with Crippen LogP contribution in [0.1, 0.15) is 24.0 Å². The zero-order valence-electron chi connectivity index (χ0n) is 14.2. The number of alkyl halides is 3. The van der Waals surface area contributed by atoms with Crippen LogP contribution in [0.15, 0.2) is 64.0 Å². The monoisotopic (exact) mass is 488 g/mol. The van der Waals surface area contributed by atoms with Crippen LogP contribution in [-0.2, 0) is 9.84 Å². The number of hydrogen-bond donors (Lipinski definition) is 0. The average molecular weight is 490 g/mol. The molecule has 0 aliphatic heterocycles. The summed E-state index contributed by atoms with van der Waals surface area (Å²) in [7, 11) is -5.36. The third-order valence-electron chi connectivity index (χ3n) is 4.99.